The minimum absolute atomic E-state index is 0.270. The van der Waals surface area contributed by atoms with E-state index in [0.717, 1.165) is 14.6 Å². The van der Waals surface area contributed by atoms with Crippen LogP contribution < -0.4 is 10.1 Å². The van der Waals surface area contributed by atoms with Gasteiger partial charge in [0.25, 0.3) is 5.91 Å². The lowest BCUT2D eigenvalue weighted by Gasteiger charge is -2.03. The number of thiophene rings is 1. The van der Waals surface area contributed by atoms with Crippen LogP contribution in [0.1, 0.15) is 9.67 Å². The topological polar surface area (TPSA) is 38.3 Å². The van der Waals surface area contributed by atoms with Crippen LogP contribution >= 0.6 is 50.5 Å². The zero-order chi connectivity index (χ0) is 16.6. The quantitative estimate of drug-likeness (QED) is 0.534. The number of fused-ring (bicyclic) bond motifs is 1. The molecule has 0 unspecified atom stereocenters. The third-order valence-electron chi connectivity index (χ3n) is 3.23. The second kappa shape index (κ2) is 6.69. The third kappa shape index (κ3) is 3.19. The van der Waals surface area contributed by atoms with Crippen LogP contribution in [0.2, 0.25) is 10.0 Å². The number of anilines is 1. The Kier molecular flexibility index (Phi) is 4.82. The average Bonchev–Trinajstić information content (AvgIpc) is 2.88. The van der Waals surface area contributed by atoms with Gasteiger partial charge in [-0.15, -0.1) is 11.3 Å². The highest BCUT2D eigenvalue weighted by Crippen LogP contribution is 2.43. The molecule has 0 fully saturated rings. The maximum absolute atomic E-state index is 12.5. The van der Waals surface area contributed by atoms with E-state index in [1.54, 1.807) is 31.4 Å². The number of ether oxygens (including phenoxy) is 1. The van der Waals surface area contributed by atoms with Crippen molar-refractivity contribution >= 4 is 72.1 Å². The number of hydrogen-bond acceptors (Lipinski definition) is 3. The maximum Gasteiger partial charge on any atom is 0.267 e. The fourth-order valence-electron chi connectivity index (χ4n) is 2.10. The van der Waals surface area contributed by atoms with E-state index in [1.165, 1.54) is 11.3 Å². The van der Waals surface area contributed by atoms with E-state index in [2.05, 4.69) is 21.2 Å². The summed E-state index contributed by atoms with van der Waals surface area (Å²) < 4.78 is 6.87. The minimum atomic E-state index is -0.270. The van der Waals surface area contributed by atoms with Crippen molar-refractivity contribution in [2.75, 3.05) is 12.4 Å². The molecule has 0 atom stereocenters. The highest BCUT2D eigenvalue weighted by atomic mass is 79.9. The van der Waals surface area contributed by atoms with Crippen molar-refractivity contribution in [1.29, 1.82) is 0 Å². The molecule has 3 nitrogen and oxygen atoms in total. The van der Waals surface area contributed by atoms with E-state index in [-0.39, 0.29) is 5.91 Å². The number of hydrogen-bond donors (Lipinski definition) is 1. The molecule has 0 saturated heterocycles. The summed E-state index contributed by atoms with van der Waals surface area (Å²) in [6.07, 6.45) is 0. The summed E-state index contributed by atoms with van der Waals surface area (Å²) in [4.78, 5) is 12.9. The Bertz CT molecular complexity index is 893. The molecule has 0 spiro atoms. The van der Waals surface area contributed by atoms with Crippen molar-refractivity contribution in [3.05, 3.63) is 55.8 Å². The average molecular weight is 431 g/mol. The summed E-state index contributed by atoms with van der Waals surface area (Å²) in [6.45, 7) is 0. The lowest BCUT2D eigenvalue weighted by Crippen LogP contribution is -2.10. The predicted molar refractivity (Wildman–Crippen MR) is 100 cm³/mol. The van der Waals surface area contributed by atoms with E-state index in [4.69, 9.17) is 27.9 Å². The van der Waals surface area contributed by atoms with Crippen LogP contribution in [0.3, 0.4) is 0 Å². The molecule has 1 heterocycles. The van der Waals surface area contributed by atoms with Gasteiger partial charge < -0.3 is 10.1 Å². The van der Waals surface area contributed by atoms with Crippen molar-refractivity contribution in [2.45, 2.75) is 0 Å². The molecule has 0 bridgehead atoms. The molecule has 1 amide bonds. The van der Waals surface area contributed by atoms with Crippen molar-refractivity contribution in [3.8, 4) is 5.75 Å². The van der Waals surface area contributed by atoms with Crippen LogP contribution in [-0.2, 0) is 0 Å². The smallest absolute Gasteiger partial charge is 0.267 e. The van der Waals surface area contributed by atoms with Crippen molar-refractivity contribution < 1.29 is 9.53 Å². The van der Waals surface area contributed by atoms with Crippen molar-refractivity contribution in [3.63, 3.8) is 0 Å². The maximum atomic E-state index is 12.5. The number of nitrogens with one attached hydrogen (secondary N) is 1. The van der Waals surface area contributed by atoms with Crippen LogP contribution in [0.25, 0.3) is 10.1 Å². The SMILES string of the molecule is COc1ccc2c(Cl)c(C(=O)Nc3ccc(Br)cc3)sc2c1Cl. The number of benzene rings is 2. The summed E-state index contributed by atoms with van der Waals surface area (Å²) in [5, 5.41) is 4.42. The second-order valence-electron chi connectivity index (χ2n) is 4.66. The van der Waals surface area contributed by atoms with Gasteiger partial charge in [0, 0.05) is 15.5 Å². The molecule has 2 aromatic carbocycles. The van der Waals surface area contributed by atoms with Crippen LogP contribution in [0.15, 0.2) is 40.9 Å². The van der Waals surface area contributed by atoms with E-state index in [0.29, 0.717) is 26.4 Å². The highest BCUT2D eigenvalue weighted by Gasteiger charge is 2.20. The van der Waals surface area contributed by atoms with E-state index in [1.807, 2.05) is 12.1 Å². The Hall–Kier alpha value is -1.27. The second-order valence-corrected chi connectivity index (χ2v) is 7.36. The van der Waals surface area contributed by atoms with Crippen LogP contribution in [-0.4, -0.2) is 13.0 Å². The highest BCUT2D eigenvalue weighted by molar-refractivity contribution is 9.10. The first kappa shape index (κ1) is 16.6. The zero-order valence-electron chi connectivity index (χ0n) is 11.8. The summed E-state index contributed by atoms with van der Waals surface area (Å²) in [5.41, 5.74) is 0.690. The number of carbonyl (C=O) groups excluding carboxylic acids is 1. The largest absolute Gasteiger partial charge is 0.495 e. The molecule has 1 N–H and O–H groups in total. The Morgan fingerprint density at radius 3 is 2.48 bits per heavy atom. The van der Waals surface area contributed by atoms with Gasteiger partial charge in [0.05, 0.1) is 16.8 Å². The molecule has 3 aromatic rings. The molecule has 0 radical (unpaired) electrons. The lowest BCUT2D eigenvalue weighted by atomic mass is 10.2. The molecule has 0 aliphatic rings. The van der Waals surface area contributed by atoms with Crippen molar-refractivity contribution in [2.24, 2.45) is 0 Å². The standard InChI is InChI=1S/C16H10BrCl2NO2S/c1-22-11-7-6-10-12(18)15(23-14(10)13(11)19)16(21)20-9-4-2-8(17)3-5-9/h2-7H,1H3,(H,20,21). The summed E-state index contributed by atoms with van der Waals surface area (Å²) in [6, 6.07) is 10.8. The van der Waals surface area contributed by atoms with Crippen LogP contribution in [0.4, 0.5) is 5.69 Å². The lowest BCUT2D eigenvalue weighted by molar-refractivity contribution is 0.103. The fraction of sp³-hybridized carbons (Fsp3) is 0.0625. The summed E-state index contributed by atoms with van der Waals surface area (Å²) in [5.74, 6) is 0.283. The first-order chi connectivity index (χ1) is 11.0. The Labute approximate surface area is 155 Å². The Morgan fingerprint density at radius 1 is 1.13 bits per heavy atom. The predicted octanol–water partition coefficient (Wildman–Crippen LogP) is 6.23. The fourth-order valence-corrected chi connectivity index (χ4v) is 4.16. The molecule has 0 aliphatic carbocycles. The van der Waals surface area contributed by atoms with Crippen LogP contribution in [0.5, 0.6) is 5.75 Å². The Balaban J connectivity index is 1.99. The van der Waals surface area contributed by atoms with Gasteiger partial charge in [-0.2, -0.15) is 0 Å². The molecule has 118 valence electrons. The number of halogens is 3. The first-order valence-corrected chi connectivity index (χ1v) is 8.89. The number of amides is 1. The normalized spacial score (nSPS) is 10.8. The van der Waals surface area contributed by atoms with Gasteiger partial charge in [-0.3, -0.25) is 4.79 Å². The van der Waals surface area contributed by atoms with Gasteiger partial charge in [-0.05, 0) is 36.4 Å². The molecular weight excluding hydrogens is 421 g/mol. The van der Waals surface area contributed by atoms with E-state index in [9.17, 15) is 4.79 Å². The monoisotopic (exact) mass is 429 g/mol. The van der Waals surface area contributed by atoms with Gasteiger partial charge >= 0.3 is 0 Å². The Morgan fingerprint density at radius 2 is 1.83 bits per heavy atom. The molecule has 3 rings (SSSR count). The van der Waals surface area contributed by atoms with Gasteiger partial charge in [-0.1, -0.05) is 39.1 Å². The van der Waals surface area contributed by atoms with Crippen LogP contribution in [0, 0.1) is 0 Å². The van der Waals surface area contributed by atoms with Gasteiger partial charge in [-0.25, -0.2) is 0 Å². The summed E-state index contributed by atoms with van der Waals surface area (Å²) in [7, 11) is 1.55. The number of methoxy groups -OCH3 is 1. The zero-order valence-corrected chi connectivity index (χ0v) is 15.7. The van der Waals surface area contributed by atoms with Gasteiger partial charge in [0.1, 0.15) is 15.6 Å². The van der Waals surface area contributed by atoms with Gasteiger partial charge in [0.2, 0.25) is 0 Å². The molecular formula is C16H10BrCl2NO2S. The molecule has 0 aliphatic heterocycles. The molecule has 0 saturated carbocycles. The van der Waals surface area contributed by atoms with Crippen molar-refractivity contribution in [1.82, 2.24) is 0 Å². The third-order valence-corrected chi connectivity index (χ3v) is 5.97. The van der Waals surface area contributed by atoms with Gasteiger partial charge in [0.15, 0.2) is 0 Å². The molecule has 23 heavy (non-hydrogen) atoms. The molecule has 1 aromatic heterocycles. The minimum Gasteiger partial charge on any atom is -0.495 e. The summed E-state index contributed by atoms with van der Waals surface area (Å²) >= 11 is 17.3. The van der Waals surface area contributed by atoms with E-state index < -0.39 is 0 Å². The molecule has 7 heteroatoms. The number of carbonyl (C=O) groups is 1. The first-order valence-electron chi connectivity index (χ1n) is 6.52. The number of rotatable bonds is 3. The van der Waals surface area contributed by atoms with E-state index >= 15 is 0 Å².